The van der Waals surface area contributed by atoms with Crippen LogP contribution >= 0.6 is 11.6 Å². The molecular weight excluding hydrogens is 770 g/mol. The molecule has 3 saturated heterocycles. The van der Waals surface area contributed by atoms with Crippen molar-refractivity contribution in [3.8, 4) is 11.8 Å². The van der Waals surface area contributed by atoms with Gasteiger partial charge in [0.2, 0.25) is 11.8 Å². The van der Waals surface area contributed by atoms with Gasteiger partial charge in [0.05, 0.1) is 45.4 Å². The van der Waals surface area contributed by atoms with Crippen molar-refractivity contribution in [3.05, 3.63) is 86.6 Å². The Labute approximate surface area is 347 Å². The molecule has 1 atom stereocenters. The van der Waals surface area contributed by atoms with Gasteiger partial charge in [-0.2, -0.15) is 5.26 Å². The summed E-state index contributed by atoms with van der Waals surface area (Å²) < 4.78 is 7.61. The Morgan fingerprint density at radius 3 is 2.37 bits per heavy atom. The summed E-state index contributed by atoms with van der Waals surface area (Å²) in [6.45, 7) is 8.92. The van der Waals surface area contributed by atoms with Crippen molar-refractivity contribution in [1.29, 1.82) is 5.26 Å². The van der Waals surface area contributed by atoms with E-state index in [9.17, 15) is 19.2 Å². The molecule has 4 aromatic rings. The van der Waals surface area contributed by atoms with E-state index < -0.39 is 11.9 Å². The van der Waals surface area contributed by atoms with E-state index in [4.69, 9.17) is 31.6 Å². The molecule has 2 aromatic carbocycles. The number of nitrogens with zero attached hydrogens (tertiary/aromatic N) is 8. The highest BCUT2D eigenvalue weighted by Gasteiger charge is 2.37. The van der Waals surface area contributed by atoms with E-state index >= 15 is 0 Å². The van der Waals surface area contributed by atoms with Crippen LogP contribution in [0.25, 0.3) is 10.9 Å². The quantitative estimate of drug-likeness (QED) is 0.239. The summed E-state index contributed by atoms with van der Waals surface area (Å²) in [6.07, 6.45) is 6.13. The largest absolute Gasteiger partial charge is 0.490 e. The van der Waals surface area contributed by atoms with Crippen LogP contribution in [-0.2, 0) is 16.1 Å². The van der Waals surface area contributed by atoms with Gasteiger partial charge in [0, 0.05) is 70.0 Å². The van der Waals surface area contributed by atoms with Gasteiger partial charge in [-0.25, -0.2) is 9.97 Å². The van der Waals surface area contributed by atoms with E-state index in [0.717, 1.165) is 107 Å². The maximum atomic E-state index is 13.5. The molecule has 1 saturated carbocycles. The molecule has 59 heavy (non-hydrogen) atoms. The fraction of sp³-hybridized carbons (Fsp3) is 0.477. The first-order chi connectivity index (χ1) is 28.6. The van der Waals surface area contributed by atoms with Gasteiger partial charge in [-0.1, -0.05) is 11.6 Å². The number of halogens is 1. The maximum absolute atomic E-state index is 13.5. The summed E-state index contributed by atoms with van der Waals surface area (Å²) in [7, 11) is 0. The molecular formula is C44H48ClN9O5. The van der Waals surface area contributed by atoms with Crippen LogP contribution in [0, 0.1) is 24.2 Å². The Bertz CT molecular complexity index is 2410. The number of benzene rings is 2. The zero-order valence-electron chi connectivity index (χ0n) is 33.2. The monoisotopic (exact) mass is 817 g/mol. The molecule has 2 aromatic heterocycles. The molecule has 5 aliphatic rings. The van der Waals surface area contributed by atoms with Gasteiger partial charge in [0.15, 0.2) is 0 Å². The van der Waals surface area contributed by atoms with Gasteiger partial charge in [-0.05, 0) is 100 Å². The first kappa shape index (κ1) is 39.0. The lowest BCUT2D eigenvalue weighted by molar-refractivity contribution is -0.135. The predicted octanol–water partition coefficient (Wildman–Crippen LogP) is 4.99. The summed E-state index contributed by atoms with van der Waals surface area (Å²) in [5.74, 6) is 2.00. The third kappa shape index (κ3) is 7.85. The third-order valence-electron chi connectivity index (χ3n) is 13.0. The normalized spacial score (nSPS) is 23.0. The van der Waals surface area contributed by atoms with Crippen LogP contribution in [0.15, 0.2) is 53.3 Å². The molecule has 0 bridgehead atoms. The first-order valence-corrected chi connectivity index (χ1v) is 21.3. The number of ether oxygens (including phenoxy) is 1. The highest BCUT2D eigenvalue weighted by atomic mass is 35.5. The molecule has 6 heterocycles. The van der Waals surface area contributed by atoms with Crippen LogP contribution in [0.5, 0.6) is 5.75 Å². The predicted molar refractivity (Wildman–Crippen MR) is 223 cm³/mol. The zero-order valence-corrected chi connectivity index (χ0v) is 34.0. The number of anilines is 2. The standard InChI is InChI=1S/C44H48ClN9O5/c1-27-47-37-22-31(5-9-34(37)44(58)54(27)39-11-13-41(55)49-42(39)56)51-20-18-50(19-21-51)25-28-14-16-52(17-15-28)40-12-10-35-38(48-40)26-53(43(35)57)30-3-7-32(8-4-30)59-33-6-2-29(24-46)36(45)23-33/h2,5-6,9-10,12,22-23,28,30,32,39H,3-4,7-8,11,13-21,25-26H2,1H3,(H,49,55,56). The number of imide groups is 1. The molecule has 1 N–H and O–H groups in total. The number of nitrogens with one attached hydrogen (secondary N) is 1. The topological polar surface area (TPSA) is 157 Å². The van der Waals surface area contributed by atoms with Crippen LogP contribution in [-0.4, -0.2) is 100 Å². The number of rotatable bonds is 8. The number of amides is 3. The lowest BCUT2D eigenvalue weighted by Gasteiger charge is -2.40. The summed E-state index contributed by atoms with van der Waals surface area (Å²) in [5, 5.41) is 12.4. The Hall–Kier alpha value is -5.52. The van der Waals surface area contributed by atoms with Crippen molar-refractivity contribution in [2.75, 3.05) is 55.6 Å². The van der Waals surface area contributed by atoms with Crippen molar-refractivity contribution >= 4 is 51.7 Å². The molecule has 14 nitrogen and oxygen atoms in total. The second-order valence-corrected chi connectivity index (χ2v) is 17.0. The van der Waals surface area contributed by atoms with Crippen molar-refractivity contribution < 1.29 is 19.1 Å². The van der Waals surface area contributed by atoms with Gasteiger partial charge in [-0.15, -0.1) is 0 Å². The van der Waals surface area contributed by atoms with Crippen molar-refractivity contribution in [2.45, 2.75) is 83.0 Å². The fourth-order valence-electron chi connectivity index (χ4n) is 9.68. The summed E-state index contributed by atoms with van der Waals surface area (Å²) >= 11 is 6.20. The number of nitriles is 1. The fourth-order valence-corrected chi connectivity index (χ4v) is 9.89. The molecule has 3 amide bonds. The van der Waals surface area contributed by atoms with E-state index in [1.807, 2.05) is 35.2 Å². The number of aryl methyl sites for hydroxylation is 1. The smallest absolute Gasteiger partial charge is 0.262 e. The number of pyridine rings is 1. The number of aromatic nitrogens is 3. The number of carbonyl (C=O) groups excluding carboxylic acids is 3. The summed E-state index contributed by atoms with van der Waals surface area (Å²) in [4.78, 5) is 70.2. The summed E-state index contributed by atoms with van der Waals surface area (Å²) in [5.41, 5.74) is 3.41. The minimum Gasteiger partial charge on any atom is -0.490 e. The highest BCUT2D eigenvalue weighted by Crippen LogP contribution is 2.34. The van der Waals surface area contributed by atoms with Crippen LogP contribution in [0.3, 0.4) is 0 Å². The number of piperazine rings is 1. The number of carbonyl (C=O) groups is 3. The van der Waals surface area contributed by atoms with Crippen LogP contribution in [0.4, 0.5) is 11.5 Å². The van der Waals surface area contributed by atoms with Crippen LogP contribution in [0.2, 0.25) is 5.02 Å². The van der Waals surface area contributed by atoms with Crippen molar-refractivity contribution in [2.24, 2.45) is 5.92 Å². The average molecular weight is 818 g/mol. The van der Waals surface area contributed by atoms with E-state index in [-0.39, 0.29) is 42.4 Å². The van der Waals surface area contributed by atoms with Crippen molar-refractivity contribution in [3.63, 3.8) is 0 Å². The SMILES string of the molecule is Cc1nc2cc(N3CCN(CC4CCN(c5ccc6c(n5)CN(C5CCC(Oc7ccc(C#N)c(Cl)c7)CC5)C6=O)CC4)CC3)ccc2c(=O)n1C1CCC(=O)NC1=O. The lowest BCUT2D eigenvalue weighted by Crippen LogP contribution is -2.49. The molecule has 9 rings (SSSR count). The van der Waals surface area contributed by atoms with Gasteiger partial charge < -0.3 is 19.4 Å². The maximum Gasteiger partial charge on any atom is 0.262 e. The highest BCUT2D eigenvalue weighted by molar-refractivity contribution is 6.31. The van der Waals surface area contributed by atoms with E-state index in [2.05, 4.69) is 26.1 Å². The van der Waals surface area contributed by atoms with Gasteiger partial charge in [0.1, 0.15) is 29.5 Å². The Morgan fingerprint density at radius 2 is 1.64 bits per heavy atom. The summed E-state index contributed by atoms with van der Waals surface area (Å²) in [6, 6.07) is 16.4. The molecule has 15 heteroatoms. The van der Waals surface area contributed by atoms with E-state index in [0.29, 0.717) is 45.5 Å². The van der Waals surface area contributed by atoms with E-state index in [1.165, 1.54) is 4.57 Å². The molecule has 1 aliphatic carbocycles. The average Bonchev–Trinajstić information content (AvgIpc) is 3.57. The van der Waals surface area contributed by atoms with Gasteiger partial charge >= 0.3 is 0 Å². The Kier molecular flexibility index (Phi) is 10.7. The van der Waals surface area contributed by atoms with Gasteiger partial charge in [-0.3, -0.25) is 34.0 Å². The zero-order chi connectivity index (χ0) is 40.8. The minimum atomic E-state index is -0.736. The molecule has 306 valence electrons. The third-order valence-corrected chi connectivity index (χ3v) is 13.3. The van der Waals surface area contributed by atoms with Crippen LogP contribution in [0.1, 0.15) is 84.8 Å². The molecule has 1 unspecified atom stereocenters. The minimum absolute atomic E-state index is 0.0475. The molecule has 4 fully saturated rings. The molecule has 0 radical (unpaired) electrons. The van der Waals surface area contributed by atoms with E-state index in [1.54, 1.807) is 25.1 Å². The lowest BCUT2D eigenvalue weighted by atomic mass is 9.92. The number of hydrogen-bond acceptors (Lipinski definition) is 11. The Balaban J connectivity index is 0.739. The number of piperidine rings is 2. The molecule has 0 spiro atoms. The molecule has 4 aliphatic heterocycles. The van der Waals surface area contributed by atoms with Gasteiger partial charge in [0.25, 0.3) is 11.5 Å². The number of hydrogen-bond donors (Lipinski definition) is 1. The Morgan fingerprint density at radius 1 is 0.864 bits per heavy atom. The second-order valence-electron chi connectivity index (χ2n) is 16.6. The first-order valence-electron chi connectivity index (χ1n) is 20.9. The second kappa shape index (κ2) is 16.3. The number of fused-ring (bicyclic) bond motifs is 2. The van der Waals surface area contributed by atoms with Crippen molar-refractivity contribution in [1.82, 2.24) is 29.7 Å². The van der Waals surface area contributed by atoms with Crippen LogP contribution < -0.4 is 25.4 Å².